The number of ether oxygens (including phenoxy) is 1. The van der Waals surface area contributed by atoms with Crippen molar-refractivity contribution in [3.05, 3.63) is 83.0 Å². The van der Waals surface area contributed by atoms with Gasteiger partial charge in [-0.15, -0.1) is 11.3 Å². The summed E-state index contributed by atoms with van der Waals surface area (Å²) in [6.07, 6.45) is 0.699. The lowest BCUT2D eigenvalue weighted by molar-refractivity contribution is -0.384. The zero-order valence-electron chi connectivity index (χ0n) is 21.2. The largest absolute Gasteiger partial charge is 0.417 e. The number of nitrogens with one attached hydrogen (secondary N) is 2. The van der Waals surface area contributed by atoms with E-state index in [1.54, 1.807) is 51.2 Å². The van der Waals surface area contributed by atoms with E-state index < -0.39 is 26.6 Å². The number of hydrogen-bond donors (Lipinski definition) is 3. The summed E-state index contributed by atoms with van der Waals surface area (Å²) < 4.78 is 34.7. The number of nitrogens with two attached hydrogens (primary N) is 1. The lowest BCUT2D eigenvalue weighted by Crippen LogP contribution is -2.40. The molecule has 0 bridgehead atoms. The summed E-state index contributed by atoms with van der Waals surface area (Å²) in [5.41, 5.74) is 6.88. The van der Waals surface area contributed by atoms with Crippen LogP contribution in [0.5, 0.6) is 5.75 Å². The maximum absolute atomic E-state index is 13.4. The first-order valence-corrected chi connectivity index (χ1v) is 13.8. The van der Waals surface area contributed by atoms with Crippen LogP contribution in [0.2, 0.25) is 0 Å². The van der Waals surface area contributed by atoms with E-state index in [-0.39, 0.29) is 22.0 Å². The van der Waals surface area contributed by atoms with Crippen molar-refractivity contribution in [2.24, 2.45) is 0 Å². The third-order valence-electron chi connectivity index (χ3n) is 5.14. The van der Waals surface area contributed by atoms with Crippen molar-refractivity contribution in [1.82, 2.24) is 9.71 Å². The van der Waals surface area contributed by atoms with Gasteiger partial charge in [0.1, 0.15) is 10.8 Å². The smallest absolute Gasteiger partial charge is 0.410 e. The quantitative estimate of drug-likeness (QED) is 0.146. The van der Waals surface area contributed by atoms with Gasteiger partial charge in [-0.05, 0) is 69.3 Å². The van der Waals surface area contributed by atoms with Crippen molar-refractivity contribution >= 4 is 44.5 Å². The summed E-state index contributed by atoms with van der Waals surface area (Å²) in [4.78, 5) is 27.7. The Hall–Kier alpha value is -4.33. The molecule has 13 heteroatoms. The number of carbonyl (C=O) groups is 1. The Labute approximate surface area is 228 Å². The molecule has 0 unspecified atom stereocenters. The number of thiazole rings is 1. The van der Waals surface area contributed by atoms with Crippen LogP contribution in [0.3, 0.4) is 0 Å². The molecule has 0 saturated heterocycles. The zero-order chi connectivity index (χ0) is 28.4. The van der Waals surface area contributed by atoms with Crippen LogP contribution in [0.1, 0.15) is 20.8 Å². The molecule has 202 valence electrons. The van der Waals surface area contributed by atoms with Crippen LogP contribution < -0.4 is 20.5 Å². The Morgan fingerprint density at radius 3 is 2.33 bits per heavy atom. The number of benzene rings is 3. The number of amides is 1. The van der Waals surface area contributed by atoms with Crippen molar-refractivity contribution in [2.45, 2.75) is 31.2 Å². The fourth-order valence-corrected chi connectivity index (χ4v) is 6.22. The van der Waals surface area contributed by atoms with Gasteiger partial charge in [-0.25, -0.2) is 22.9 Å². The topological polar surface area (TPSA) is 167 Å². The van der Waals surface area contributed by atoms with Crippen molar-refractivity contribution in [2.75, 3.05) is 11.1 Å². The molecule has 4 rings (SSSR count). The molecule has 1 heterocycles. The minimum atomic E-state index is -4.03. The highest BCUT2D eigenvalue weighted by molar-refractivity contribution is 7.89. The monoisotopic (exact) mass is 567 g/mol. The number of carbonyl (C=O) groups excluding carboxylic acids is 1. The number of nitro benzene ring substituents is 1. The Morgan fingerprint density at radius 2 is 1.72 bits per heavy atom. The second-order valence-electron chi connectivity index (χ2n) is 9.48. The molecular formula is C26H25N5O6S2. The van der Waals surface area contributed by atoms with Gasteiger partial charge in [-0.3, -0.25) is 15.4 Å². The molecule has 0 atom stereocenters. The molecule has 39 heavy (non-hydrogen) atoms. The second-order valence-corrected chi connectivity index (χ2v) is 12.2. The first-order chi connectivity index (χ1) is 18.3. The molecule has 0 spiro atoms. The molecule has 1 aromatic heterocycles. The van der Waals surface area contributed by atoms with Gasteiger partial charge in [0.15, 0.2) is 0 Å². The molecule has 1 amide bonds. The third kappa shape index (κ3) is 6.96. The lowest BCUT2D eigenvalue weighted by atomic mass is 10.1. The number of sulfonamides is 1. The van der Waals surface area contributed by atoms with Gasteiger partial charge >= 0.3 is 6.09 Å². The van der Waals surface area contributed by atoms with E-state index in [2.05, 4.69) is 15.0 Å². The van der Waals surface area contributed by atoms with Crippen LogP contribution in [0.4, 0.5) is 21.9 Å². The fraction of sp³-hybridized carbons (Fsp3) is 0.154. The lowest BCUT2D eigenvalue weighted by Gasteiger charge is -2.22. The number of nitrogens with zero attached hydrogens (tertiary/aromatic N) is 2. The molecule has 0 aliphatic carbocycles. The zero-order valence-corrected chi connectivity index (χ0v) is 22.8. The molecule has 0 saturated carbocycles. The van der Waals surface area contributed by atoms with Crippen molar-refractivity contribution in [1.29, 1.82) is 0 Å². The van der Waals surface area contributed by atoms with Gasteiger partial charge in [0.05, 0.1) is 14.7 Å². The highest BCUT2D eigenvalue weighted by Gasteiger charge is 2.27. The normalized spacial score (nSPS) is 11.7. The van der Waals surface area contributed by atoms with Crippen LogP contribution in [-0.2, 0) is 10.0 Å². The Morgan fingerprint density at radius 1 is 1.05 bits per heavy atom. The minimum absolute atomic E-state index is 0.0573. The predicted molar refractivity (Wildman–Crippen MR) is 150 cm³/mol. The number of non-ortho nitro benzene ring substituents is 1. The van der Waals surface area contributed by atoms with E-state index in [0.29, 0.717) is 21.1 Å². The Bertz CT molecular complexity index is 1630. The van der Waals surface area contributed by atoms with Gasteiger partial charge in [-0.2, -0.15) is 0 Å². The average molecular weight is 568 g/mol. The highest BCUT2D eigenvalue weighted by Crippen LogP contribution is 2.37. The summed E-state index contributed by atoms with van der Waals surface area (Å²) >= 11 is 1.31. The Balaban J connectivity index is 1.65. The molecule has 0 radical (unpaired) electrons. The van der Waals surface area contributed by atoms with E-state index >= 15 is 0 Å². The molecule has 3 aromatic carbocycles. The molecule has 0 aliphatic rings. The van der Waals surface area contributed by atoms with E-state index in [0.717, 1.165) is 5.56 Å². The van der Waals surface area contributed by atoms with Gasteiger partial charge in [0.25, 0.3) is 5.69 Å². The summed E-state index contributed by atoms with van der Waals surface area (Å²) in [6, 6.07) is 16.6. The third-order valence-corrected chi connectivity index (χ3v) is 8.02. The Kier molecular flexibility index (Phi) is 7.67. The number of nitrogen functional groups attached to an aromatic ring is 1. The van der Waals surface area contributed by atoms with E-state index in [4.69, 9.17) is 10.5 Å². The number of rotatable bonds is 7. The summed E-state index contributed by atoms with van der Waals surface area (Å²) in [6.45, 7) is 5.17. The number of nitro groups is 1. The van der Waals surface area contributed by atoms with E-state index in [1.165, 1.54) is 41.7 Å². The van der Waals surface area contributed by atoms with Crippen LogP contribution in [-0.4, -0.2) is 30.0 Å². The molecule has 0 fully saturated rings. The second kappa shape index (κ2) is 10.8. The first kappa shape index (κ1) is 27.7. The van der Waals surface area contributed by atoms with Crippen molar-refractivity contribution < 1.29 is 22.9 Å². The van der Waals surface area contributed by atoms with E-state index in [1.807, 2.05) is 12.1 Å². The van der Waals surface area contributed by atoms with E-state index in [9.17, 15) is 23.3 Å². The molecule has 0 aliphatic heterocycles. The maximum Gasteiger partial charge on any atom is 0.417 e. The molecule has 11 nitrogen and oxygen atoms in total. The highest BCUT2D eigenvalue weighted by atomic mass is 32.2. The minimum Gasteiger partial charge on any atom is -0.410 e. The average Bonchev–Trinajstić information content (AvgIpc) is 3.33. The predicted octanol–water partition coefficient (Wildman–Crippen LogP) is 5.66. The molecular weight excluding hydrogens is 542 g/mol. The summed E-state index contributed by atoms with van der Waals surface area (Å²) in [5.74, 6) is 0.0804. The van der Waals surface area contributed by atoms with Crippen LogP contribution >= 0.6 is 11.3 Å². The molecule has 4 N–H and O–H groups in total. The summed E-state index contributed by atoms with van der Waals surface area (Å²) in [7, 11) is -4.03. The van der Waals surface area contributed by atoms with Crippen molar-refractivity contribution in [3.8, 4) is 26.8 Å². The SMILES string of the molecule is CC(C)(C)NS(=O)(=O)c1cc(NC(=O)Oc2ccc([N+](=O)[O-])cc2)ccc1-c1cnc(-c2ccc(N)cc2)s1. The number of anilines is 2. The number of hydrogen-bond acceptors (Lipinski definition) is 9. The van der Waals surface area contributed by atoms with Gasteiger partial charge in [0.2, 0.25) is 10.0 Å². The number of aromatic nitrogens is 1. The molecule has 4 aromatic rings. The first-order valence-electron chi connectivity index (χ1n) is 11.5. The van der Waals surface area contributed by atoms with Crippen LogP contribution in [0, 0.1) is 10.1 Å². The van der Waals surface area contributed by atoms with Gasteiger partial charge in [-0.1, -0.05) is 6.07 Å². The van der Waals surface area contributed by atoms with Gasteiger partial charge in [0, 0.05) is 46.4 Å². The summed E-state index contributed by atoms with van der Waals surface area (Å²) in [5, 5.41) is 14.0. The maximum atomic E-state index is 13.4. The van der Waals surface area contributed by atoms with Crippen molar-refractivity contribution in [3.63, 3.8) is 0 Å². The fourth-order valence-electron chi connectivity index (χ4n) is 3.53. The van der Waals surface area contributed by atoms with Gasteiger partial charge < -0.3 is 10.5 Å². The van der Waals surface area contributed by atoms with Crippen LogP contribution in [0.15, 0.2) is 77.8 Å². The standard InChI is InChI=1S/C26H25N5O6S2/c1-26(2,3)30-39(35,36)23-14-18(29-25(32)37-20-11-9-19(10-12-20)31(33)34)8-13-21(23)22-15-28-24(38-22)16-4-6-17(27)7-5-16/h4-15,30H,27H2,1-3H3,(H,29,32). The van der Waals surface area contributed by atoms with Crippen LogP contribution in [0.25, 0.3) is 21.0 Å².